The first-order valence-corrected chi connectivity index (χ1v) is 7.31. The van der Waals surface area contributed by atoms with Gasteiger partial charge in [0.15, 0.2) is 0 Å². The molecule has 2 N–H and O–H groups in total. The number of amides is 2. The highest BCUT2D eigenvalue weighted by molar-refractivity contribution is 5.83. The topological polar surface area (TPSA) is 69.6 Å². The number of aliphatic hydroxyl groups excluding tert-OH is 1. The average Bonchev–Trinajstić information content (AvgIpc) is 2.81. The molecule has 2 amide bonds. The highest BCUT2D eigenvalue weighted by atomic mass is 16.3. The summed E-state index contributed by atoms with van der Waals surface area (Å²) in [4.78, 5) is 25.1. The molecule has 0 spiro atoms. The van der Waals surface area contributed by atoms with Crippen molar-refractivity contribution < 1.29 is 14.7 Å². The Hall–Kier alpha value is -1.10. The Balaban J connectivity index is 2.19. The molecule has 1 fully saturated rings. The maximum absolute atomic E-state index is 11.7. The maximum atomic E-state index is 11.7. The van der Waals surface area contributed by atoms with Gasteiger partial charge in [-0.15, -0.1) is 0 Å². The monoisotopic (exact) mass is 270 g/mol. The highest BCUT2D eigenvalue weighted by Crippen LogP contribution is 2.24. The van der Waals surface area contributed by atoms with Gasteiger partial charge in [0, 0.05) is 38.4 Å². The van der Waals surface area contributed by atoms with Crippen LogP contribution in [0, 0.1) is 5.92 Å². The van der Waals surface area contributed by atoms with Crippen LogP contribution < -0.4 is 5.32 Å². The number of carbonyl (C=O) groups excluding carboxylic acids is 2. The van der Waals surface area contributed by atoms with E-state index in [0.29, 0.717) is 19.6 Å². The van der Waals surface area contributed by atoms with Crippen molar-refractivity contribution >= 4 is 11.8 Å². The summed E-state index contributed by atoms with van der Waals surface area (Å²) in [6, 6.07) is 0. The molecular weight excluding hydrogens is 244 g/mol. The summed E-state index contributed by atoms with van der Waals surface area (Å²) < 4.78 is 0. The zero-order valence-corrected chi connectivity index (χ0v) is 12.0. The maximum Gasteiger partial charge on any atom is 0.223 e. The molecule has 19 heavy (non-hydrogen) atoms. The van der Waals surface area contributed by atoms with Crippen LogP contribution in [0.2, 0.25) is 0 Å². The van der Waals surface area contributed by atoms with E-state index in [-0.39, 0.29) is 36.7 Å². The molecule has 0 aromatic heterocycles. The van der Waals surface area contributed by atoms with Gasteiger partial charge in [-0.3, -0.25) is 9.59 Å². The number of carbonyl (C=O) groups is 2. The first-order valence-electron chi connectivity index (χ1n) is 7.31. The van der Waals surface area contributed by atoms with Gasteiger partial charge in [-0.05, 0) is 26.7 Å². The van der Waals surface area contributed by atoms with Gasteiger partial charge in [-0.2, -0.15) is 0 Å². The fraction of sp³-hybridized carbons (Fsp3) is 0.857. The summed E-state index contributed by atoms with van der Waals surface area (Å²) in [5.74, 6) is 0.114. The summed E-state index contributed by atoms with van der Waals surface area (Å²) in [6.45, 7) is 5.77. The Labute approximate surface area is 115 Å². The molecule has 1 rings (SSSR count). The van der Waals surface area contributed by atoms with Gasteiger partial charge in [0.1, 0.15) is 0 Å². The van der Waals surface area contributed by atoms with Crippen molar-refractivity contribution in [3.63, 3.8) is 0 Å². The van der Waals surface area contributed by atoms with Crippen molar-refractivity contribution in [2.45, 2.75) is 52.1 Å². The third kappa shape index (κ3) is 5.19. The van der Waals surface area contributed by atoms with Crippen LogP contribution in [0.5, 0.6) is 0 Å². The third-order valence-corrected chi connectivity index (χ3v) is 3.86. The minimum Gasteiger partial charge on any atom is -0.393 e. The minimum absolute atomic E-state index is 0.0288. The van der Waals surface area contributed by atoms with Crippen molar-refractivity contribution in [2.24, 2.45) is 5.92 Å². The average molecular weight is 270 g/mol. The van der Waals surface area contributed by atoms with Gasteiger partial charge in [0.05, 0.1) is 6.10 Å². The van der Waals surface area contributed by atoms with Crippen molar-refractivity contribution in [1.29, 1.82) is 0 Å². The van der Waals surface area contributed by atoms with Crippen LogP contribution in [-0.2, 0) is 9.59 Å². The second-order valence-corrected chi connectivity index (χ2v) is 5.13. The fourth-order valence-electron chi connectivity index (χ4n) is 2.54. The molecule has 1 saturated carbocycles. The smallest absolute Gasteiger partial charge is 0.223 e. The summed E-state index contributed by atoms with van der Waals surface area (Å²) >= 11 is 0. The third-order valence-electron chi connectivity index (χ3n) is 3.86. The normalized spacial score (nSPS) is 22.3. The SMILES string of the molecule is CCN(CC)C(=O)CCC(=O)NCC1CCCC1O. The Morgan fingerprint density at radius 1 is 1.21 bits per heavy atom. The molecule has 0 radical (unpaired) electrons. The Bertz CT molecular complexity index is 303. The lowest BCUT2D eigenvalue weighted by Gasteiger charge is -2.18. The molecule has 2 unspecified atom stereocenters. The van der Waals surface area contributed by atoms with E-state index in [1.54, 1.807) is 4.90 Å². The lowest BCUT2D eigenvalue weighted by Crippen LogP contribution is -2.34. The molecule has 0 bridgehead atoms. The zero-order valence-electron chi connectivity index (χ0n) is 12.0. The lowest BCUT2D eigenvalue weighted by molar-refractivity contribution is -0.133. The molecule has 0 saturated heterocycles. The first-order chi connectivity index (χ1) is 9.08. The Kier molecular flexibility index (Phi) is 6.84. The molecular formula is C14H26N2O3. The molecule has 110 valence electrons. The van der Waals surface area contributed by atoms with Gasteiger partial charge in [-0.1, -0.05) is 6.42 Å². The van der Waals surface area contributed by atoms with E-state index in [2.05, 4.69) is 5.32 Å². The molecule has 0 aromatic rings. The van der Waals surface area contributed by atoms with E-state index in [9.17, 15) is 14.7 Å². The quantitative estimate of drug-likeness (QED) is 0.722. The van der Waals surface area contributed by atoms with Crippen LogP contribution in [0.1, 0.15) is 46.0 Å². The van der Waals surface area contributed by atoms with Gasteiger partial charge in [0.25, 0.3) is 0 Å². The van der Waals surface area contributed by atoms with Crippen molar-refractivity contribution in [1.82, 2.24) is 10.2 Å². The Morgan fingerprint density at radius 2 is 1.89 bits per heavy atom. The highest BCUT2D eigenvalue weighted by Gasteiger charge is 2.25. The number of nitrogens with zero attached hydrogens (tertiary/aromatic N) is 1. The summed E-state index contributed by atoms with van der Waals surface area (Å²) in [5, 5.41) is 12.5. The van der Waals surface area contributed by atoms with Crippen LogP contribution in [0.4, 0.5) is 0 Å². The molecule has 2 atom stereocenters. The second kappa shape index (κ2) is 8.15. The van der Waals surface area contributed by atoms with Crippen molar-refractivity contribution in [3.8, 4) is 0 Å². The lowest BCUT2D eigenvalue weighted by atomic mass is 10.1. The van der Waals surface area contributed by atoms with Crippen molar-refractivity contribution in [2.75, 3.05) is 19.6 Å². The van der Waals surface area contributed by atoms with Gasteiger partial charge in [0.2, 0.25) is 11.8 Å². The zero-order chi connectivity index (χ0) is 14.3. The number of hydrogen-bond donors (Lipinski definition) is 2. The van der Waals surface area contributed by atoms with Crippen LogP contribution >= 0.6 is 0 Å². The first kappa shape index (κ1) is 16.0. The summed E-state index contributed by atoms with van der Waals surface area (Å²) in [7, 11) is 0. The van der Waals surface area contributed by atoms with Crippen LogP contribution in [-0.4, -0.2) is 47.6 Å². The second-order valence-electron chi connectivity index (χ2n) is 5.13. The number of aliphatic hydroxyl groups is 1. The standard InChI is InChI=1S/C14H26N2O3/c1-3-16(4-2)14(19)9-8-13(18)15-10-11-6-5-7-12(11)17/h11-12,17H,3-10H2,1-2H3,(H,15,18). The van der Waals surface area contributed by atoms with Crippen LogP contribution in [0.15, 0.2) is 0 Å². The summed E-state index contributed by atoms with van der Waals surface area (Å²) in [5.41, 5.74) is 0. The predicted octanol–water partition coefficient (Wildman–Crippen LogP) is 0.912. The molecule has 0 aliphatic heterocycles. The number of nitrogens with one attached hydrogen (secondary N) is 1. The predicted molar refractivity (Wildman–Crippen MR) is 73.5 cm³/mol. The van der Waals surface area contributed by atoms with E-state index in [4.69, 9.17) is 0 Å². The molecule has 1 aliphatic carbocycles. The fourth-order valence-corrected chi connectivity index (χ4v) is 2.54. The van der Waals surface area contributed by atoms with E-state index < -0.39 is 0 Å². The van der Waals surface area contributed by atoms with Crippen molar-refractivity contribution in [3.05, 3.63) is 0 Å². The molecule has 0 heterocycles. The van der Waals surface area contributed by atoms with E-state index in [1.165, 1.54) is 0 Å². The molecule has 5 heteroatoms. The van der Waals surface area contributed by atoms with Gasteiger partial charge in [-0.25, -0.2) is 0 Å². The minimum atomic E-state index is -0.280. The van der Waals surface area contributed by atoms with Gasteiger partial charge < -0.3 is 15.3 Å². The molecule has 1 aliphatic rings. The van der Waals surface area contributed by atoms with E-state index >= 15 is 0 Å². The van der Waals surface area contributed by atoms with E-state index in [0.717, 1.165) is 19.3 Å². The van der Waals surface area contributed by atoms with Gasteiger partial charge >= 0.3 is 0 Å². The number of rotatable bonds is 7. The molecule has 5 nitrogen and oxygen atoms in total. The van der Waals surface area contributed by atoms with Crippen LogP contribution in [0.25, 0.3) is 0 Å². The Morgan fingerprint density at radius 3 is 2.42 bits per heavy atom. The summed E-state index contributed by atoms with van der Waals surface area (Å²) in [6.07, 6.45) is 3.06. The largest absolute Gasteiger partial charge is 0.393 e. The van der Waals surface area contributed by atoms with E-state index in [1.807, 2.05) is 13.8 Å². The van der Waals surface area contributed by atoms with Crippen LogP contribution in [0.3, 0.4) is 0 Å². The molecule has 0 aromatic carbocycles. The number of hydrogen-bond acceptors (Lipinski definition) is 3.